The summed E-state index contributed by atoms with van der Waals surface area (Å²) in [6, 6.07) is 4.86. The van der Waals surface area contributed by atoms with Gasteiger partial charge in [0.05, 0.1) is 34.4 Å². The van der Waals surface area contributed by atoms with Gasteiger partial charge in [-0.25, -0.2) is 0 Å². The Hall–Kier alpha value is -1.11. The SMILES string of the molecule is C[C@@H](O)c1ccc(SC2COC2)c([N+](=O)[O-])c1. The lowest BCUT2D eigenvalue weighted by Crippen LogP contribution is -2.30. The fourth-order valence-corrected chi connectivity index (χ4v) is 2.59. The maximum atomic E-state index is 11.0. The molecule has 1 atom stereocenters. The number of ether oxygens (including phenoxy) is 1. The third-order valence-electron chi connectivity index (χ3n) is 2.56. The van der Waals surface area contributed by atoms with Crippen LogP contribution in [0.3, 0.4) is 0 Å². The predicted molar refractivity (Wildman–Crippen MR) is 64.2 cm³/mol. The minimum absolute atomic E-state index is 0.0558. The summed E-state index contributed by atoms with van der Waals surface area (Å²) < 4.78 is 5.04. The second-order valence-corrected chi connectivity index (χ2v) is 5.28. The number of hydrogen-bond donors (Lipinski definition) is 1. The molecule has 0 aliphatic carbocycles. The van der Waals surface area contributed by atoms with Crippen molar-refractivity contribution in [2.45, 2.75) is 23.2 Å². The van der Waals surface area contributed by atoms with E-state index >= 15 is 0 Å². The van der Waals surface area contributed by atoms with Crippen molar-refractivity contribution in [3.05, 3.63) is 33.9 Å². The van der Waals surface area contributed by atoms with E-state index in [9.17, 15) is 15.2 Å². The Morgan fingerprint density at radius 1 is 1.59 bits per heavy atom. The molecular weight excluding hydrogens is 242 g/mol. The highest BCUT2D eigenvalue weighted by Crippen LogP contribution is 2.36. The zero-order chi connectivity index (χ0) is 12.4. The number of aliphatic hydroxyl groups excluding tert-OH is 1. The summed E-state index contributed by atoms with van der Waals surface area (Å²) in [5.41, 5.74) is 0.617. The Balaban J connectivity index is 2.26. The second-order valence-electron chi connectivity index (χ2n) is 3.94. The lowest BCUT2D eigenvalue weighted by Gasteiger charge is -2.25. The molecule has 1 aromatic carbocycles. The van der Waals surface area contributed by atoms with E-state index in [0.29, 0.717) is 28.9 Å². The van der Waals surface area contributed by atoms with Gasteiger partial charge in [-0.1, -0.05) is 6.07 Å². The Labute approximate surface area is 103 Å². The Kier molecular flexibility index (Phi) is 3.66. The van der Waals surface area contributed by atoms with Crippen LogP contribution in [0.15, 0.2) is 23.1 Å². The highest BCUT2D eigenvalue weighted by atomic mass is 32.2. The summed E-state index contributed by atoms with van der Waals surface area (Å²) in [5, 5.41) is 20.7. The molecule has 0 amide bonds. The van der Waals surface area contributed by atoms with E-state index in [1.807, 2.05) is 0 Å². The first-order valence-corrected chi connectivity index (χ1v) is 6.16. The van der Waals surface area contributed by atoms with Crippen LogP contribution in [-0.4, -0.2) is 28.5 Å². The Morgan fingerprint density at radius 2 is 2.29 bits per heavy atom. The third-order valence-corrected chi connectivity index (χ3v) is 3.77. The fourth-order valence-electron chi connectivity index (χ4n) is 1.50. The molecule has 1 aliphatic heterocycles. The molecule has 17 heavy (non-hydrogen) atoms. The molecule has 2 rings (SSSR count). The topological polar surface area (TPSA) is 72.6 Å². The minimum atomic E-state index is -0.695. The van der Waals surface area contributed by atoms with Gasteiger partial charge in [0.1, 0.15) is 0 Å². The maximum absolute atomic E-state index is 11.0. The van der Waals surface area contributed by atoms with Gasteiger partial charge in [0.15, 0.2) is 0 Å². The van der Waals surface area contributed by atoms with Crippen molar-refractivity contribution >= 4 is 17.4 Å². The molecule has 1 fully saturated rings. The van der Waals surface area contributed by atoms with Crippen LogP contribution in [0.1, 0.15) is 18.6 Å². The number of hydrogen-bond acceptors (Lipinski definition) is 5. The maximum Gasteiger partial charge on any atom is 0.283 e. The molecule has 0 radical (unpaired) electrons. The summed E-state index contributed by atoms with van der Waals surface area (Å²) in [6.45, 7) is 2.87. The molecule has 92 valence electrons. The van der Waals surface area contributed by atoms with Gasteiger partial charge >= 0.3 is 0 Å². The number of thioether (sulfide) groups is 1. The van der Waals surface area contributed by atoms with Crippen molar-refractivity contribution in [3.8, 4) is 0 Å². The fraction of sp³-hybridized carbons (Fsp3) is 0.455. The van der Waals surface area contributed by atoms with E-state index in [1.54, 1.807) is 19.1 Å². The summed E-state index contributed by atoms with van der Waals surface area (Å²) in [7, 11) is 0. The van der Waals surface area contributed by atoms with Crippen molar-refractivity contribution in [1.29, 1.82) is 0 Å². The van der Waals surface area contributed by atoms with Crippen LogP contribution < -0.4 is 0 Å². The highest BCUT2D eigenvalue weighted by molar-refractivity contribution is 8.00. The van der Waals surface area contributed by atoms with Crippen LogP contribution in [0.4, 0.5) is 5.69 Å². The lowest BCUT2D eigenvalue weighted by atomic mass is 10.1. The van der Waals surface area contributed by atoms with E-state index in [-0.39, 0.29) is 5.69 Å². The predicted octanol–water partition coefficient (Wildman–Crippen LogP) is 2.14. The summed E-state index contributed by atoms with van der Waals surface area (Å²) in [4.78, 5) is 11.2. The van der Waals surface area contributed by atoms with Gasteiger partial charge in [0, 0.05) is 6.07 Å². The first-order chi connectivity index (χ1) is 8.08. The minimum Gasteiger partial charge on any atom is -0.389 e. The smallest absolute Gasteiger partial charge is 0.283 e. The van der Waals surface area contributed by atoms with Crippen molar-refractivity contribution in [1.82, 2.24) is 0 Å². The number of nitrogens with zero attached hydrogens (tertiary/aromatic N) is 1. The number of nitro benzene ring substituents is 1. The van der Waals surface area contributed by atoms with Gasteiger partial charge in [0.25, 0.3) is 5.69 Å². The van der Waals surface area contributed by atoms with Gasteiger partial charge in [0.2, 0.25) is 0 Å². The molecule has 0 unspecified atom stereocenters. The van der Waals surface area contributed by atoms with Crippen LogP contribution in [0.5, 0.6) is 0 Å². The van der Waals surface area contributed by atoms with Crippen LogP contribution in [0.25, 0.3) is 0 Å². The van der Waals surface area contributed by atoms with Gasteiger partial charge in [-0.15, -0.1) is 11.8 Å². The van der Waals surface area contributed by atoms with Crippen molar-refractivity contribution in [3.63, 3.8) is 0 Å². The van der Waals surface area contributed by atoms with Crippen molar-refractivity contribution < 1.29 is 14.8 Å². The zero-order valence-electron chi connectivity index (χ0n) is 9.33. The third kappa shape index (κ3) is 2.77. The van der Waals surface area contributed by atoms with Gasteiger partial charge in [-0.3, -0.25) is 10.1 Å². The number of benzene rings is 1. The quantitative estimate of drug-likeness (QED) is 0.659. The second kappa shape index (κ2) is 5.03. The number of aliphatic hydroxyl groups is 1. The first-order valence-electron chi connectivity index (χ1n) is 5.28. The van der Waals surface area contributed by atoms with E-state index in [0.717, 1.165) is 0 Å². The molecule has 1 N–H and O–H groups in total. The molecule has 0 saturated carbocycles. The van der Waals surface area contributed by atoms with Gasteiger partial charge in [-0.05, 0) is 18.6 Å². The summed E-state index contributed by atoms with van der Waals surface area (Å²) >= 11 is 1.46. The van der Waals surface area contributed by atoms with Crippen LogP contribution in [0.2, 0.25) is 0 Å². The number of rotatable bonds is 4. The molecule has 1 heterocycles. The summed E-state index contributed by atoms with van der Waals surface area (Å²) in [6.07, 6.45) is -0.695. The van der Waals surface area contributed by atoms with E-state index < -0.39 is 11.0 Å². The first kappa shape index (κ1) is 12.3. The van der Waals surface area contributed by atoms with Crippen molar-refractivity contribution in [2.24, 2.45) is 0 Å². The average Bonchev–Trinajstić information content (AvgIpc) is 2.23. The van der Waals surface area contributed by atoms with Gasteiger partial charge < -0.3 is 9.84 Å². The van der Waals surface area contributed by atoms with Gasteiger partial charge in [-0.2, -0.15) is 0 Å². The van der Waals surface area contributed by atoms with Crippen LogP contribution in [0, 0.1) is 10.1 Å². The van der Waals surface area contributed by atoms with Crippen LogP contribution >= 0.6 is 11.8 Å². The molecule has 1 saturated heterocycles. The standard InChI is InChI=1S/C11H13NO4S/c1-7(13)8-2-3-11(10(4-8)12(14)15)17-9-5-16-6-9/h2-4,7,9,13H,5-6H2,1H3/t7-/m1/s1. The highest BCUT2D eigenvalue weighted by Gasteiger charge is 2.24. The molecule has 0 spiro atoms. The molecule has 0 bridgehead atoms. The summed E-state index contributed by atoms with van der Waals surface area (Å²) in [5.74, 6) is 0. The lowest BCUT2D eigenvalue weighted by molar-refractivity contribution is -0.387. The molecule has 6 heteroatoms. The molecule has 5 nitrogen and oxygen atoms in total. The molecule has 0 aromatic heterocycles. The Morgan fingerprint density at radius 3 is 2.76 bits per heavy atom. The number of nitro groups is 1. The molecule has 1 aromatic rings. The normalized spacial score (nSPS) is 17.5. The largest absolute Gasteiger partial charge is 0.389 e. The molecular formula is C11H13NO4S. The van der Waals surface area contributed by atoms with E-state index in [1.165, 1.54) is 17.8 Å². The monoisotopic (exact) mass is 255 g/mol. The van der Waals surface area contributed by atoms with E-state index in [2.05, 4.69) is 0 Å². The van der Waals surface area contributed by atoms with Crippen LogP contribution in [-0.2, 0) is 4.74 Å². The van der Waals surface area contributed by atoms with Crippen molar-refractivity contribution in [2.75, 3.05) is 13.2 Å². The zero-order valence-corrected chi connectivity index (χ0v) is 10.1. The average molecular weight is 255 g/mol. The Bertz CT molecular complexity index is 431. The molecule has 1 aliphatic rings. The van der Waals surface area contributed by atoms with E-state index in [4.69, 9.17) is 4.74 Å².